The molecule has 1 amide bonds. The van der Waals surface area contributed by atoms with Crippen LogP contribution in [0.3, 0.4) is 0 Å². The summed E-state index contributed by atoms with van der Waals surface area (Å²) in [5.74, 6) is -3.59. The molecule has 0 radical (unpaired) electrons. The second kappa shape index (κ2) is 6.35. The fraction of sp³-hybridized carbons (Fsp3) is 0. The van der Waals surface area contributed by atoms with E-state index in [0.29, 0.717) is 6.07 Å². The third kappa shape index (κ3) is 3.21. The fourth-order valence-corrected chi connectivity index (χ4v) is 4.87. The Morgan fingerprint density at radius 1 is 1.17 bits per heavy atom. The second-order valence-corrected chi connectivity index (χ2v) is 7.83. The highest BCUT2D eigenvalue weighted by Gasteiger charge is 2.28. The zero-order valence-electron chi connectivity index (χ0n) is 10.9. The van der Waals surface area contributed by atoms with Crippen LogP contribution >= 0.6 is 39.1 Å². The lowest BCUT2D eigenvalue weighted by atomic mass is 10.2. The Bertz CT molecular complexity index is 912. The summed E-state index contributed by atoms with van der Waals surface area (Å²) >= 11 is 14.5. The number of hydrogen-bond donors (Lipinski definition) is 1. The molecule has 0 aliphatic rings. The number of primary amides is 1. The van der Waals surface area contributed by atoms with Crippen LogP contribution in [0.15, 0.2) is 38.5 Å². The van der Waals surface area contributed by atoms with Gasteiger partial charge in [-0.25, -0.2) is 17.2 Å². The number of carbonyl (C=O) groups is 1. The number of carbonyl (C=O) groups excluding carboxylic acids is 1. The number of nitrogens with two attached hydrogens (primary N) is 1. The summed E-state index contributed by atoms with van der Waals surface area (Å²) in [5, 5.41) is -0.785. The van der Waals surface area contributed by atoms with Crippen LogP contribution in [0.1, 0.15) is 10.4 Å². The first-order chi connectivity index (χ1) is 10.6. The highest BCUT2D eigenvalue weighted by Crippen LogP contribution is 2.37. The normalized spacial score (nSPS) is 11.5. The minimum absolute atomic E-state index is 0.267. The molecule has 2 aromatic rings. The van der Waals surface area contributed by atoms with Crippen molar-refractivity contribution in [1.29, 1.82) is 0 Å². The van der Waals surface area contributed by atoms with Gasteiger partial charge in [0.2, 0.25) is 15.7 Å². The number of amides is 1. The van der Waals surface area contributed by atoms with Crippen LogP contribution in [-0.4, -0.2) is 14.3 Å². The van der Waals surface area contributed by atoms with Crippen molar-refractivity contribution in [3.8, 4) is 0 Å². The standard InChI is InChI=1S/C13H6BrCl2F2NO3S/c14-7-3-5(4-9(17)11(7)18)23(21,22)12-8(15)2-1-6(10(12)16)13(19)20/h1-4H,(H2,19,20). The maximum atomic E-state index is 13.5. The van der Waals surface area contributed by atoms with Crippen molar-refractivity contribution >= 4 is 54.9 Å². The molecule has 0 bridgehead atoms. The molecule has 0 aromatic heterocycles. The summed E-state index contributed by atoms with van der Waals surface area (Å²) in [6, 6.07) is 3.62. The Hall–Kier alpha value is -1.22. The number of rotatable bonds is 3. The summed E-state index contributed by atoms with van der Waals surface area (Å²) in [5.41, 5.74) is 4.84. The van der Waals surface area contributed by atoms with Crippen molar-refractivity contribution in [2.75, 3.05) is 0 Å². The van der Waals surface area contributed by atoms with E-state index in [0.717, 1.165) is 18.2 Å². The van der Waals surface area contributed by atoms with Crippen molar-refractivity contribution in [2.24, 2.45) is 5.73 Å². The molecule has 0 aliphatic heterocycles. The lowest BCUT2D eigenvalue weighted by Crippen LogP contribution is -2.14. The Labute approximate surface area is 148 Å². The average molecular weight is 445 g/mol. The first-order valence-electron chi connectivity index (χ1n) is 5.74. The van der Waals surface area contributed by atoms with Crippen molar-refractivity contribution in [3.63, 3.8) is 0 Å². The van der Waals surface area contributed by atoms with Gasteiger partial charge in [-0.05, 0) is 40.2 Å². The molecule has 0 atom stereocenters. The predicted octanol–water partition coefficient (Wildman–Crippen LogP) is 3.97. The van der Waals surface area contributed by atoms with E-state index in [2.05, 4.69) is 15.9 Å². The molecule has 0 fully saturated rings. The zero-order valence-corrected chi connectivity index (χ0v) is 14.8. The maximum Gasteiger partial charge on any atom is 0.250 e. The quantitative estimate of drug-likeness (QED) is 0.574. The van der Waals surface area contributed by atoms with Gasteiger partial charge in [-0.1, -0.05) is 23.2 Å². The number of hydrogen-bond acceptors (Lipinski definition) is 3. The molecule has 0 saturated heterocycles. The first kappa shape index (κ1) is 18.1. The summed E-state index contributed by atoms with van der Waals surface area (Å²) in [6.07, 6.45) is 0. The van der Waals surface area contributed by atoms with Crippen LogP contribution in [0.2, 0.25) is 10.0 Å². The lowest BCUT2D eigenvalue weighted by molar-refractivity contribution is 0.1000. The third-order valence-corrected chi connectivity index (χ3v) is 6.18. The summed E-state index contributed by atoms with van der Waals surface area (Å²) in [7, 11) is -4.43. The Balaban J connectivity index is 2.80. The van der Waals surface area contributed by atoms with Crippen LogP contribution in [0.4, 0.5) is 8.78 Å². The predicted molar refractivity (Wildman–Crippen MR) is 84.5 cm³/mol. The van der Waals surface area contributed by atoms with Crippen molar-refractivity contribution in [1.82, 2.24) is 0 Å². The number of sulfone groups is 1. The topological polar surface area (TPSA) is 77.2 Å². The van der Waals surface area contributed by atoms with Gasteiger partial charge in [0, 0.05) is 0 Å². The smallest absolute Gasteiger partial charge is 0.250 e. The van der Waals surface area contributed by atoms with E-state index in [4.69, 9.17) is 28.9 Å². The van der Waals surface area contributed by atoms with Gasteiger partial charge in [0.1, 0.15) is 4.90 Å². The van der Waals surface area contributed by atoms with E-state index in [9.17, 15) is 22.0 Å². The van der Waals surface area contributed by atoms with Gasteiger partial charge in [-0.2, -0.15) is 0 Å². The molecular formula is C13H6BrCl2F2NO3S. The van der Waals surface area contributed by atoms with E-state index >= 15 is 0 Å². The summed E-state index contributed by atoms with van der Waals surface area (Å²) in [6.45, 7) is 0. The van der Waals surface area contributed by atoms with E-state index in [1.807, 2.05) is 0 Å². The molecular weight excluding hydrogens is 439 g/mol. The van der Waals surface area contributed by atoms with Crippen LogP contribution in [0, 0.1) is 11.6 Å². The van der Waals surface area contributed by atoms with Crippen LogP contribution in [-0.2, 0) is 9.84 Å². The molecule has 0 heterocycles. The monoisotopic (exact) mass is 443 g/mol. The van der Waals surface area contributed by atoms with Gasteiger partial charge < -0.3 is 5.73 Å². The van der Waals surface area contributed by atoms with Crippen molar-refractivity contribution in [2.45, 2.75) is 9.79 Å². The first-order valence-corrected chi connectivity index (χ1v) is 8.78. The van der Waals surface area contributed by atoms with Crippen LogP contribution < -0.4 is 5.73 Å². The Morgan fingerprint density at radius 2 is 1.78 bits per heavy atom. The number of benzene rings is 2. The van der Waals surface area contributed by atoms with Crippen LogP contribution in [0.5, 0.6) is 0 Å². The molecule has 122 valence electrons. The van der Waals surface area contributed by atoms with Crippen molar-refractivity contribution < 1.29 is 22.0 Å². The molecule has 0 aliphatic carbocycles. The van der Waals surface area contributed by atoms with Crippen molar-refractivity contribution in [3.05, 3.63) is 56.0 Å². The summed E-state index contributed by atoms with van der Waals surface area (Å²) in [4.78, 5) is 10.1. The third-order valence-electron chi connectivity index (χ3n) is 2.85. The summed E-state index contributed by atoms with van der Waals surface area (Å²) < 4.78 is 51.7. The molecule has 23 heavy (non-hydrogen) atoms. The molecule has 0 unspecified atom stereocenters. The van der Waals surface area contributed by atoms with Gasteiger partial charge in [-0.3, -0.25) is 4.79 Å². The Morgan fingerprint density at radius 3 is 2.30 bits per heavy atom. The molecule has 4 nitrogen and oxygen atoms in total. The Kier molecular flexibility index (Phi) is 5.00. The molecule has 2 N–H and O–H groups in total. The second-order valence-electron chi connectivity index (χ2n) is 4.31. The lowest BCUT2D eigenvalue weighted by Gasteiger charge is -2.12. The molecule has 2 rings (SSSR count). The molecule has 2 aromatic carbocycles. The fourth-order valence-electron chi connectivity index (χ4n) is 1.77. The number of halogens is 5. The zero-order chi connectivity index (χ0) is 17.5. The van der Waals surface area contributed by atoms with E-state index < -0.39 is 46.7 Å². The highest BCUT2D eigenvalue weighted by molar-refractivity contribution is 9.10. The van der Waals surface area contributed by atoms with Gasteiger partial charge in [0.25, 0.3) is 0 Å². The van der Waals surface area contributed by atoms with Gasteiger partial charge in [0.15, 0.2) is 11.6 Å². The highest BCUT2D eigenvalue weighted by atomic mass is 79.9. The minimum Gasteiger partial charge on any atom is -0.366 e. The molecule has 0 spiro atoms. The van der Waals surface area contributed by atoms with E-state index in [1.54, 1.807) is 0 Å². The molecule has 10 heteroatoms. The van der Waals surface area contributed by atoms with E-state index in [-0.39, 0.29) is 10.6 Å². The SMILES string of the molecule is NC(=O)c1ccc(Cl)c(S(=O)(=O)c2cc(F)c(F)c(Br)c2)c1Cl. The van der Waals surface area contributed by atoms with Gasteiger partial charge in [0.05, 0.1) is 25.0 Å². The van der Waals surface area contributed by atoms with Crippen LogP contribution in [0.25, 0.3) is 0 Å². The average Bonchev–Trinajstić information content (AvgIpc) is 2.43. The van der Waals surface area contributed by atoms with E-state index in [1.165, 1.54) is 0 Å². The van der Waals surface area contributed by atoms with Gasteiger partial charge >= 0.3 is 0 Å². The molecule has 0 saturated carbocycles. The minimum atomic E-state index is -4.43. The van der Waals surface area contributed by atoms with Gasteiger partial charge in [-0.15, -0.1) is 0 Å². The largest absolute Gasteiger partial charge is 0.366 e. The maximum absolute atomic E-state index is 13.5.